The van der Waals surface area contributed by atoms with Gasteiger partial charge in [0, 0.05) is 44.1 Å². The van der Waals surface area contributed by atoms with Crippen molar-refractivity contribution in [2.45, 2.75) is 19.0 Å². The Morgan fingerprint density at radius 2 is 1.59 bits per heavy atom. The van der Waals surface area contributed by atoms with Gasteiger partial charge >= 0.3 is 0 Å². The first-order valence-corrected chi connectivity index (χ1v) is 10.2. The lowest BCUT2D eigenvalue weighted by atomic mass is 10.3. The summed E-state index contributed by atoms with van der Waals surface area (Å²) in [6.07, 6.45) is 5.85. The maximum atomic E-state index is 4.80. The maximum absolute atomic E-state index is 4.80. The molecule has 0 saturated carbocycles. The zero-order chi connectivity index (χ0) is 18.8. The molecule has 27 heavy (non-hydrogen) atoms. The lowest BCUT2D eigenvalue weighted by Gasteiger charge is -2.36. The monoisotopic (exact) mass is 381 g/mol. The first kappa shape index (κ1) is 17.8. The number of nitrogens with zero attached hydrogens (tertiary/aromatic N) is 7. The van der Waals surface area contributed by atoms with Crippen molar-refractivity contribution >= 4 is 23.4 Å². The van der Waals surface area contributed by atoms with E-state index in [0.717, 1.165) is 60.0 Å². The van der Waals surface area contributed by atoms with Crippen LogP contribution < -0.4 is 9.80 Å². The molecule has 0 aromatic carbocycles. The van der Waals surface area contributed by atoms with Gasteiger partial charge in [0.05, 0.1) is 6.20 Å². The molecule has 1 aliphatic rings. The Bertz CT molecular complexity index is 931. The zero-order valence-corrected chi connectivity index (χ0v) is 16.6. The van der Waals surface area contributed by atoms with Gasteiger partial charge in [0.2, 0.25) is 0 Å². The highest BCUT2D eigenvalue weighted by atomic mass is 32.2. The fourth-order valence-electron chi connectivity index (χ4n) is 3.20. The van der Waals surface area contributed by atoms with E-state index in [0.29, 0.717) is 0 Å². The topological polar surface area (TPSA) is 63.0 Å². The van der Waals surface area contributed by atoms with Crippen LogP contribution in [-0.4, -0.2) is 57.2 Å². The largest absolute Gasteiger partial charge is 0.353 e. The number of rotatable bonds is 4. The summed E-state index contributed by atoms with van der Waals surface area (Å²) in [6.45, 7) is 7.70. The van der Waals surface area contributed by atoms with Crippen molar-refractivity contribution in [3.8, 4) is 5.82 Å². The summed E-state index contributed by atoms with van der Waals surface area (Å²) in [5.74, 6) is 2.85. The number of hydrogen-bond donors (Lipinski definition) is 0. The van der Waals surface area contributed by atoms with Gasteiger partial charge in [-0.2, -0.15) is 5.10 Å². The van der Waals surface area contributed by atoms with Gasteiger partial charge < -0.3 is 9.80 Å². The number of anilines is 2. The molecule has 1 saturated heterocycles. The Morgan fingerprint density at radius 1 is 0.889 bits per heavy atom. The minimum Gasteiger partial charge on any atom is -0.353 e. The van der Waals surface area contributed by atoms with Gasteiger partial charge in [0.25, 0.3) is 0 Å². The van der Waals surface area contributed by atoms with Crippen molar-refractivity contribution < 1.29 is 0 Å². The summed E-state index contributed by atoms with van der Waals surface area (Å²) in [6, 6.07) is 8.16. The minimum atomic E-state index is 0.830. The molecule has 0 spiro atoms. The lowest BCUT2D eigenvalue weighted by Crippen LogP contribution is -2.47. The molecular formula is C19H23N7S. The van der Waals surface area contributed by atoms with Crippen LogP contribution >= 0.6 is 11.8 Å². The molecule has 3 aromatic rings. The van der Waals surface area contributed by atoms with Crippen LogP contribution in [0.15, 0.2) is 41.8 Å². The van der Waals surface area contributed by atoms with Gasteiger partial charge in [-0.1, -0.05) is 17.8 Å². The van der Waals surface area contributed by atoms with E-state index in [9.17, 15) is 0 Å². The highest BCUT2D eigenvalue weighted by Crippen LogP contribution is 2.21. The van der Waals surface area contributed by atoms with E-state index in [1.165, 1.54) is 0 Å². The molecule has 7 nitrogen and oxygen atoms in total. The molecule has 1 aliphatic heterocycles. The average Bonchev–Trinajstić information content (AvgIpc) is 3.14. The summed E-state index contributed by atoms with van der Waals surface area (Å²) in [4.78, 5) is 18.6. The maximum Gasteiger partial charge on any atom is 0.189 e. The molecule has 4 rings (SSSR count). The summed E-state index contributed by atoms with van der Waals surface area (Å²) in [5.41, 5.74) is 2.14. The molecule has 0 radical (unpaired) electrons. The van der Waals surface area contributed by atoms with Crippen LogP contribution in [-0.2, 0) is 0 Å². The molecule has 0 amide bonds. The Kier molecular flexibility index (Phi) is 4.98. The van der Waals surface area contributed by atoms with Crippen LogP contribution in [0.2, 0.25) is 0 Å². The summed E-state index contributed by atoms with van der Waals surface area (Å²) in [5, 5.41) is 5.19. The number of thioether (sulfide) groups is 1. The van der Waals surface area contributed by atoms with Crippen molar-refractivity contribution in [1.29, 1.82) is 0 Å². The van der Waals surface area contributed by atoms with E-state index >= 15 is 0 Å². The van der Waals surface area contributed by atoms with Gasteiger partial charge in [0.1, 0.15) is 11.6 Å². The summed E-state index contributed by atoms with van der Waals surface area (Å²) < 4.78 is 1.82. The van der Waals surface area contributed by atoms with E-state index in [-0.39, 0.29) is 0 Å². The Morgan fingerprint density at radius 3 is 2.26 bits per heavy atom. The van der Waals surface area contributed by atoms with Crippen LogP contribution in [0.1, 0.15) is 11.3 Å². The predicted molar refractivity (Wildman–Crippen MR) is 109 cm³/mol. The number of hydrogen-bond acceptors (Lipinski definition) is 7. The van der Waals surface area contributed by atoms with Crippen molar-refractivity contribution in [2.24, 2.45) is 0 Å². The van der Waals surface area contributed by atoms with Crippen LogP contribution in [0, 0.1) is 13.8 Å². The van der Waals surface area contributed by atoms with E-state index in [2.05, 4.69) is 37.0 Å². The van der Waals surface area contributed by atoms with Gasteiger partial charge in [-0.25, -0.2) is 19.6 Å². The molecule has 1 fully saturated rings. The number of aryl methyl sites for hydroxylation is 2. The van der Waals surface area contributed by atoms with Crippen molar-refractivity contribution in [3.63, 3.8) is 0 Å². The van der Waals surface area contributed by atoms with Gasteiger partial charge in [-0.3, -0.25) is 0 Å². The molecule has 8 heteroatoms. The van der Waals surface area contributed by atoms with Gasteiger partial charge in [0.15, 0.2) is 11.0 Å². The van der Waals surface area contributed by atoms with Gasteiger partial charge in [-0.05, 0) is 37.8 Å². The molecule has 0 bridgehead atoms. The summed E-state index contributed by atoms with van der Waals surface area (Å²) >= 11 is 1.58. The van der Waals surface area contributed by atoms with Crippen LogP contribution in [0.4, 0.5) is 11.6 Å². The summed E-state index contributed by atoms with van der Waals surface area (Å²) in [7, 11) is 0. The normalized spacial score (nSPS) is 14.6. The number of pyridine rings is 1. The molecule has 4 heterocycles. The van der Waals surface area contributed by atoms with E-state index < -0.39 is 0 Å². The van der Waals surface area contributed by atoms with Crippen LogP contribution in [0.3, 0.4) is 0 Å². The molecule has 0 unspecified atom stereocenters. The van der Waals surface area contributed by atoms with Crippen LogP contribution in [0.5, 0.6) is 0 Å². The lowest BCUT2D eigenvalue weighted by molar-refractivity contribution is 0.636. The van der Waals surface area contributed by atoms with E-state index in [1.807, 2.05) is 49.3 Å². The Labute approximate surface area is 163 Å². The number of piperazine rings is 1. The van der Waals surface area contributed by atoms with E-state index in [4.69, 9.17) is 4.98 Å². The first-order valence-electron chi connectivity index (χ1n) is 9.00. The molecule has 0 N–H and O–H groups in total. The highest BCUT2D eigenvalue weighted by molar-refractivity contribution is 7.98. The van der Waals surface area contributed by atoms with Crippen molar-refractivity contribution in [1.82, 2.24) is 24.7 Å². The third kappa shape index (κ3) is 3.90. The fraction of sp³-hybridized carbons (Fsp3) is 0.368. The minimum absolute atomic E-state index is 0.830. The number of aromatic nitrogens is 5. The standard InChI is InChI=1S/C19H23N7S/c1-14-12-20-26(13-14)17-6-4-5-16(22-17)24-7-9-25(10-8-24)18-11-15(2)21-19(23-18)27-3/h4-6,11-13H,7-10H2,1-3H3. The zero-order valence-electron chi connectivity index (χ0n) is 15.8. The molecule has 3 aromatic heterocycles. The third-order valence-electron chi connectivity index (χ3n) is 4.60. The molecule has 0 atom stereocenters. The van der Waals surface area contributed by atoms with Gasteiger partial charge in [-0.15, -0.1) is 0 Å². The Hall–Kier alpha value is -2.61. The SMILES string of the molecule is CSc1nc(C)cc(N2CCN(c3cccc(-n4cc(C)cn4)n3)CC2)n1. The first-order chi connectivity index (χ1) is 13.1. The molecular weight excluding hydrogens is 358 g/mol. The highest BCUT2D eigenvalue weighted by Gasteiger charge is 2.20. The van der Waals surface area contributed by atoms with E-state index in [1.54, 1.807) is 11.8 Å². The average molecular weight is 382 g/mol. The second-order valence-electron chi connectivity index (χ2n) is 6.64. The third-order valence-corrected chi connectivity index (χ3v) is 5.14. The van der Waals surface area contributed by atoms with Crippen LogP contribution in [0.25, 0.3) is 5.82 Å². The quantitative estimate of drug-likeness (QED) is 0.509. The Balaban J connectivity index is 1.47. The molecule has 0 aliphatic carbocycles. The smallest absolute Gasteiger partial charge is 0.189 e. The fourth-order valence-corrected chi connectivity index (χ4v) is 3.62. The van der Waals surface area contributed by atoms with Crippen molar-refractivity contribution in [3.05, 3.63) is 47.9 Å². The second kappa shape index (κ2) is 7.56. The molecule has 140 valence electrons. The van der Waals surface area contributed by atoms with Crippen molar-refractivity contribution in [2.75, 3.05) is 42.2 Å². The predicted octanol–water partition coefficient (Wildman–Crippen LogP) is 2.72. The second-order valence-corrected chi connectivity index (χ2v) is 7.42.